The van der Waals surface area contributed by atoms with Gasteiger partial charge < -0.3 is 10.1 Å². The van der Waals surface area contributed by atoms with E-state index in [0.29, 0.717) is 12.1 Å². The predicted octanol–water partition coefficient (Wildman–Crippen LogP) is 4.38. The smallest absolute Gasteiger partial charge is 0.265 e. The molecule has 2 aromatic rings. The summed E-state index contributed by atoms with van der Waals surface area (Å²) in [5, 5.41) is 2.77. The lowest BCUT2D eigenvalue weighted by Gasteiger charge is -2.18. The van der Waals surface area contributed by atoms with Gasteiger partial charge in [-0.15, -0.1) is 0 Å². The number of hydrogen-bond acceptors (Lipinski definition) is 2. The van der Waals surface area contributed by atoms with Crippen LogP contribution < -0.4 is 10.1 Å². The second-order valence-electron chi connectivity index (χ2n) is 4.41. The van der Waals surface area contributed by atoms with Crippen molar-refractivity contribution in [3.63, 3.8) is 0 Å². The molecular formula is C16H15BrFNO2. The largest absolute Gasteiger partial charge is 0.478 e. The maximum absolute atomic E-state index is 13.6. The van der Waals surface area contributed by atoms with Crippen molar-refractivity contribution in [1.29, 1.82) is 0 Å². The number of anilines is 1. The van der Waals surface area contributed by atoms with Crippen molar-refractivity contribution in [1.82, 2.24) is 0 Å². The molecule has 0 radical (unpaired) electrons. The van der Waals surface area contributed by atoms with Gasteiger partial charge in [0.25, 0.3) is 5.91 Å². The predicted molar refractivity (Wildman–Crippen MR) is 83.9 cm³/mol. The van der Waals surface area contributed by atoms with Crippen molar-refractivity contribution in [3.8, 4) is 5.75 Å². The lowest BCUT2D eigenvalue weighted by molar-refractivity contribution is -0.122. The van der Waals surface area contributed by atoms with Crippen LogP contribution in [-0.2, 0) is 4.79 Å². The zero-order chi connectivity index (χ0) is 15.2. The van der Waals surface area contributed by atoms with Gasteiger partial charge in [0.1, 0.15) is 0 Å². The van der Waals surface area contributed by atoms with Gasteiger partial charge in [-0.2, -0.15) is 0 Å². The van der Waals surface area contributed by atoms with E-state index in [0.717, 1.165) is 4.47 Å². The maximum Gasteiger partial charge on any atom is 0.265 e. The Hall–Kier alpha value is -1.88. The third-order valence-electron chi connectivity index (χ3n) is 2.90. The lowest BCUT2D eigenvalue weighted by Crippen LogP contribution is -2.32. The fraction of sp³-hybridized carbons (Fsp3) is 0.188. The number of carbonyl (C=O) groups excluding carboxylic acids is 1. The molecule has 0 fully saturated rings. The van der Waals surface area contributed by atoms with Gasteiger partial charge >= 0.3 is 0 Å². The van der Waals surface area contributed by atoms with Gasteiger partial charge in [-0.05, 0) is 46.6 Å². The van der Waals surface area contributed by atoms with Crippen LogP contribution in [0.1, 0.15) is 13.3 Å². The Morgan fingerprint density at radius 2 is 1.90 bits per heavy atom. The van der Waals surface area contributed by atoms with E-state index < -0.39 is 11.9 Å². The minimum atomic E-state index is -0.756. The molecule has 21 heavy (non-hydrogen) atoms. The summed E-state index contributed by atoms with van der Waals surface area (Å²) >= 11 is 3.36. The molecule has 1 amide bonds. The van der Waals surface area contributed by atoms with Gasteiger partial charge in [-0.25, -0.2) is 4.39 Å². The molecule has 1 atom stereocenters. The van der Waals surface area contributed by atoms with Crippen molar-refractivity contribution in [2.75, 3.05) is 5.32 Å². The van der Waals surface area contributed by atoms with Crippen LogP contribution in [0, 0.1) is 5.82 Å². The number of benzene rings is 2. The summed E-state index contributed by atoms with van der Waals surface area (Å²) in [5.74, 6) is -0.719. The number of ether oxygens (including phenoxy) is 1. The molecule has 1 N–H and O–H groups in total. The summed E-state index contributed by atoms with van der Waals surface area (Å²) in [6, 6.07) is 13.3. The van der Waals surface area contributed by atoms with Crippen LogP contribution in [0.2, 0.25) is 0 Å². The van der Waals surface area contributed by atoms with E-state index in [4.69, 9.17) is 4.74 Å². The van der Waals surface area contributed by atoms with Crippen molar-refractivity contribution in [3.05, 3.63) is 58.8 Å². The van der Waals surface area contributed by atoms with E-state index in [2.05, 4.69) is 21.2 Å². The van der Waals surface area contributed by atoms with E-state index >= 15 is 0 Å². The Bertz CT molecular complexity index is 633. The first kappa shape index (κ1) is 15.5. The molecule has 0 aliphatic heterocycles. The van der Waals surface area contributed by atoms with Crippen LogP contribution in [0.15, 0.2) is 53.0 Å². The molecule has 0 bridgehead atoms. The van der Waals surface area contributed by atoms with Gasteiger partial charge in [0.15, 0.2) is 17.7 Å². The molecule has 2 aromatic carbocycles. The highest BCUT2D eigenvalue weighted by molar-refractivity contribution is 9.10. The third-order valence-corrected chi connectivity index (χ3v) is 3.59. The summed E-state index contributed by atoms with van der Waals surface area (Å²) in [7, 11) is 0. The second kappa shape index (κ2) is 7.22. The van der Waals surface area contributed by atoms with Crippen LogP contribution in [0.5, 0.6) is 5.75 Å². The molecule has 3 nitrogen and oxygen atoms in total. The quantitative estimate of drug-likeness (QED) is 0.867. The Balaban J connectivity index is 2.09. The average molecular weight is 352 g/mol. The number of halogens is 2. The Kier molecular flexibility index (Phi) is 5.33. The number of hydrogen-bond donors (Lipinski definition) is 1. The first-order valence-corrected chi connectivity index (χ1v) is 7.37. The molecule has 0 aliphatic carbocycles. The molecule has 110 valence electrons. The first-order chi connectivity index (χ1) is 10.1. The van der Waals surface area contributed by atoms with E-state index in [1.54, 1.807) is 18.2 Å². The zero-order valence-corrected chi connectivity index (χ0v) is 13.1. The monoisotopic (exact) mass is 351 g/mol. The van der Waals surface area contributed by atoms with Crippen LogP contribution in [0.3, 0.4) is 0 Å². The highest BCUT2D eigenvalue weighted by atomic mass is 79.9. The standard InChI is InChI=1S/C16H15BrFNO2/c1-2-14(21-15-10-6-4-8-12(15)18)16(20)19-13-9-5-3-7-11(13)17/h3-10,14H,2H2,1H3,(H,19,20)/t14-/m0/s1. The zero-order valence-electron chi connectivity index (χ0n) is 11.5. The maximum atomic E-state index is 13.6. The van der Waals surface area contributed by atoms with Gasteiger partial charge in [0.05, 0.1) is 5.69 Å². The number of para-hydroxylation sites is 2. The fourth-order valence-electron chi connectivity index (χ4n) is 1.79. The number of carbonyl (C=O) groups is 1. The molecule has 0 aromatic heterocycles. The molecular weight excluding hydrogens is 337 g/mol. The molecule has 0 spiro atoms. The highest BCUT2D eigenvalue weighted by Crippen LogP contribution is 2.23. The van der Waals surface area contributed by atoms with Gasteiger partial charge in [-0.1, -0.05) is 31.2 Å². The van der Waals surface area contributed by atoms with E-state index in [1.807, 2.05) is 25.1 Å². The molecule has 2 rings (SSSR count). The Morgan fingerprint density at radius 1 is 1.24 bits per heavy atom. The fourth-order valence-corrected chi connectivity index (χ4v) is 2.18. The van der Waals surface area contributed by atoms with Crippen LogP contribution in [0.4, 0.5) is 10.1 Å². The van der Waals surface area contributed by atoms with Crippen molar-refractivity contribution >= 4 is 27.5 Å². The Labute approximate surface area is 131 Å². The Morgan fingerprint density at radius 3 is 2.57 bits per heavy atom. The van der Waals surface area contributed by atoms with Crippen molar-refractivity contribution in [2.24, 2.45) is 0 Å². The topological polar surface area (TPSA) is 38.3 Å². The van der Waals surface area contributed by atoms with Crippen molar-refractivity contribution < 1.29 is 13.9 Å². The molecule has 0 aliphatic rings. The van der Waals surface area contributed by atoms with Crippen molar-refractivity contribution in [2.45, 2.75) is 19.4 Å². The average Bonchev–Trinajstić information content (AvgIpc) is 2.48. The summed E-state index contributed by atoms with van der Waals surface area (Å²) in [5.41, 5.74) is 0.651. The van der Waals surface area contributed by atoms with E-state index in [-0.39, 0.29) is 11.7 Å². The molecule has 5 heteroatoms. The third kappa shape index (κ3) is 4.04. The minimum absolute atomic E-state index is 0.0756. The van der Waals surface area contributed by atoms with Gasteiger partial charge in [0, 0.05) is 4.47 Å². The first-order valence-electron chi connectivity index (χ1n) is 6.58. The highest BCUT2D eigenvalue weighted by Gasteiger charge is 2.20. The summed E-state index contributed by atoms with van der Waals surface area (Å²) < 4.78 is 19.8. The number of nitrogens with one attached hydrogen (secondary N) is 1. The molecule has 0 saturated carbocycles. The molecule has 0 unspecified atom stereocenters. The summed E-state index contributed by atoms with van der Waals surface area (Å²) in [6.45, 7) is 1.81. The lowest BCUT2D eigenvalue weighted by atomic mass is 10.2. The van der Waals surface area contributed by atoms with Gasteiger partial charge in [-0.3, -0.25) is 4.79 Å². The molecule has 0 heterocycles. The number of rotatable bonds is 5. The van der Waals surface area contributed by atoms with Crippen LogP contribution >= 0.6 is 15.9 Å². The SMILES string of the molecule is CC[C@H](Oc1ccccc1F)C(=O)Nc1ccccc1Br. The van der Waals surface area contributed by atoms with Crippen LogP contribution in [-0.4, -0.2) is 12.0 Å². The summed E-state index contributed by atoms with van der Waals surface area (Å²) in [6.07, 6.45) is -0.320. The van der Waals surface area contributed by atoms with E-state index in [9.17, 15) is 9.18 Å². The second-order valence-corrected chi connectivity index (χ2v) is 5.27. The van der Waals surface area contributed by atoms with Gasteiger partial charge in [0.2, 0.25) is 0 Å². The van der Waals surface area contributed by atoms with Crippen LogP contribution in [0.25, 0.3) is 0 Å². The normalized spacial score (nSPS) is 11.8. The number of amides is 1. The molecule has 0 saturated heterocycles. The van der Waals surface area contributed by atoms with E-state index in [1.165, 1.54) is 12.1 Å². The summed E-state index contributed by atoms with van der Waals surface area (Å²) in [4.78, 5) is 12.2. The minimum Gasteiger partial charge on any atom is -0.478 e.